The number of hydrogen-bond donors (Lipinski definition) is 0. The highest BCUT2D eigenvalue weighted by Gasteiger charge is 2.51. The molecule has 1 heterocycles. The second kappa shape index (κ2) is 13.7. The van der Waals surface area contributed by atoms with E-state index in [0.717, 1.165) is 50.1 Å². The van der Waals surface area contributed by atoms with Crippen molar-refractivity contribution in [2.75, 3.05) is 4.90 Å². The van der Waals surface area contributed by atoms with Crippen molar-refractivity contribution in [3.05, 3.63) is 258 Å². The molecular weight excluding hydrogens is 799 g/mol. The molecule has 3 aliphatic carbocycles. The standard InChI is InChI=1S/C64H43NO/c1-63(2)55-21-8-3-14-47(55)51-37-35-45(39-59(51)63)65(44-33-28-41(29-34-44)46-19-13-20-54-53-18-7-12-25-61(53)66-62(46)54)43-31-26-40(27-32-43)42-30-36-52-50-17-6-11-24-58(50)64(60(52)38-42)56-22-9-4-15-48(56)49-16-5-10-23-57(49)64/h3-39H,1-2H3. The topological polar surface area (TPSA) is 16.4 Å². The van der Waals surface area contributed by atoms with E-state index >= 15 is 0 Å². The van der Waals surface area contributed by atoms with E-state index in [2.05, 4.69) is 237 Å². The molecule has 3 aliphatic rings. The van der Waals surface area contributed by atoms with Crippen LogP contribution in [-0.4, -0.2) is 0 Å². The first kappa shape index (κ1) is 37.2. The first-order chi connectivity index (χ1) is 32.5. The van der Waals surface area contributed by atoms with E-state index in [9.17, 15) is 0 Å². The molecule has 2 heteroatoms. The average Bonchev–Trinajstić information content (AvgIpc) is 4.07. The van der Waals surface area contributed by atoms with Crippen LogP contribution in [0.2, 0.25) is 0 Å². The van der Waals surface area contributed by atoms with Crippen LogP contribution in [0.15, 0.2) is 229 Å². The SMILES string of the molecule is CC1(C)c2ccccc2-c2ccc(N(c3ccc(-c4ccc5c(c4)C4(c6ccccc6-c6ccccc64)c4ccccc4-5)cc3)c3ccc(-c4cccc5c4oc4ccccc45)cc3)cc21. The monoisotopic (exact) mass is 841 g/mol. The predicted octanol–water partition coefficient (Wildman–Crippen LogP) is 17.0. The molecular formula is C64H43NO. The summed E-state index contributed by atoms with van der Waals surface area (Å²) in [6, 6.07) is 83.1. The van der Waals surface area contributed by atoms with E-state index in [1.54, 1.807) is 0 Å². The molecule has 0 bridgehead atoms. The molecule has 310 valence electrons. The molecule has 0 amide bonds. The summed E-state index contributed by atoms with van der Waals surface area (Å²) in [4.78, 5) is 2.41. The normalized spacial score (nSPS) is 14.2. The number of anilines is 3. The van der Waals surface area contributed by atoms with E-state index < -0.39 is 0 Å². The summed E-state index contributed by atoms with van der Waals surface area (Å²) in [6.45, 7) is 4.71. The smallest absolute Gasteiger partial charge is 0.143 e. The first-order valence-corrected chi connectivity index (χ1v) is 23.1. The van der Waals surface area contributed by atoms with Crippen LogP contribution in [0.4, 0.5) is 17.1 Å². The van der Waals surface area contributed by atoms with Gasteiger partial charge in [0.15, 0.2) is 0 Å². The van der Waals surface area contributed by atoms with Crippen molar-refractivity contribution in [3.8, 4) is 55.6 Å². The van der Waals surface area contributed by atoms with Crippen molar-refractivity contribution in [2.24, 2.45) is 0 Å². The molecule has 14 rings (SSSR count). The van der Waals surface area contributed by atoms with E-state index in [-0.39, 0.29) is 10.8 Å². The molecule has 11 aromatic rings. The summed E-state index contributed by atoms with van der Waals surface area (Å²) >= 11 is 0. The van der Waals surface area contributed by atoms with Crippen LogP contribution >= 0.6 is 0 Å². The summed E-state index contributed by atoms with van der Waals surface area (Å²) in [6.07, 6.45) is 0. The molecule has 0 N–H and O–H groups in total. The average molecular weight is 842 g/mol. The van der Waals surface area contributed by atoms with Gasteiger partial charge < -0.3 is 9.32 Å². The van der Waals surface area contributed by atoms with E-state index in [1.807, 2.05) is 6.07 Å². The lowest BCUT2D eigenvalue weighted by Crippen LogP contribution is -2.25. The second-order valence-corrected chi connectivity index (χ2v) is 18.8. The Labute approximate surface area is 384 Å². The highest BCUT2D eigenvalue weighted by Crippen LogP contribution is 2.63. The highest BCUT2D eigenvalue weighted by molar-refractivity contribution is 6.09. The lowest BCUT2D eigenvalue weighted by atomic mass is 9.70. The van der Waals surface area contributed by atoms with Crippen molar-refractivity contribution in [3.63, 3.8) is 0 Å². The number of rotatable bonds is 5. The van der Waals surface area contributed by atoms with Crippen LogP contribution in [0.25, 0.3) is 77.6 Å². The molecule has 0 saturated carbocycles. The Morgan fingerprint density at radius 2 is 0.773 bits per heavy atom. The van der Waals surface area contributed by atoms with Gasteiger partial charge in [-0.05, 0) is 132 Å². The Bertz CT molecular complexity index is 3730. The Hall–Kier alpha value is -8.20. The summed E-state index contributed by atoms with van der Waals surface area (Å²) in [7, 11) is 0. The maximum absolute atomic E-state index is 6.48. The zero-order valence-corrected chi connectivity index (χ0v) is 36.7. The van der Waals surface area contributed by atoms with Gasteiger partial charge in [0.25, 0.3) is 0 Å². The predicted molar refractivity (Wildman–Crippen MR) is 273 cm³/mol. The third-order valence-electron chi connectivity index (χ3n) is 15.1. The van der Waals surface area contributed by atoms with Gasteiger partial charge in [0, 0.05) is 38.8 Å². The molecule has 0 saturated heterocycles. The number of nitrogens with zero attached hydrogens (tertiary/aromatic N) is 1. The van der Waals surface area contributed by atoms with Crippen molar-refractivity contribution in [1.29, 1.82) is 0 Å². The molecule has 0 fully saturated rings. The van der Waals surface area contributed by atoms with Crippen molar-refractivity contribution in [2.45, 2.75) is 24.7 Å². The van der Waals surface area contributed by atoms with Crippen LogP contribution in [0.3, 0.4) is 0 Å². The molecule has 0 radical (unpaired) electrons. The minimum absolute atomic E-state index is 0.127. The van der Waals surface area contributed by atoms with Gasteiger partial charge in [0.2, 0.25) is 0 Å². The summed E-state index contributed by atoms with van der Waals surface area (Å²) in [5.74, 6) is 0. The zero-order chi connectivity index (χ0) is 43.7. The fourth-order valence-electron chi connectivity index (χ4n) is 12.1. The maximum atomic E-state index is 6.48. The number of fused-ring (bicyclic) bond motifs is 16. The minimum atomic E-state index is -0.380. The largest absolute Gasteiger partial charge is 0.455 e. The van der Waals surface area contributed by atoms with Gasteiger partial charge in [-0.1, -0.05) is 190 Å². The third-order valence-corrected chi connectivity index (χ3v) is 15.1. The minimum Gasteiger partial charge on any atom is -0.455 e. The fourth-order valence-corrected chi connectivity index (χ4v) is 12.1. The van der Waals surface area contributed by atoms with Crippen LogP contribution in [0.1, 0.15) is 47.2 Å². The molecule has 0 aliphatic heterocycles. The lowest BCUT2D eigenvalue weighted by molar-refractivity contribution is 0.660. The lowest BCUT2D eigenvalue weighted by Gasteiger charge is -2.30. The van der Waals surface area contributed by atoms with Gasteiger partial charge in [-0.3, -0.25) is 0 Å². The van der Waals surface area contributed by atoms with Gasteiger partial charge in [0.05, 0.1) is 5.41 Å². The summed E-state index contributed by atoms with van der Waals surface area (Å²) < 4.78 is 6.48. The van der Waals surface area contributed by atoms with Crippen LogP contribution in [-0.2, 0) is 10.8 Å². The Morgan fingerprint density at radius 1 is 0.318 bits per heavy atom. The molecule has 0 atom stereocenters. The number of furan rings is 1. The van der Waals surface area contributed by atoms with E-state index in [0.29, 0.717) is 0 Å². The van der Waals surface area contributed by atoms with E-state index in [1.165, 1.54) is 77.9 Å². The third kappa shape index (κ3) is 5.01. The van der Waals surface area contributed by atoms with E-state index in [4.69, 9.17) is 4.42 Å². The first-order valence-electron chi connectivity index (χ1n) is 23.1. The zero-order valence-electron chi connectivity index (χ0n) is 36.7. The fraction of sp³-hybridized carbons (Fsp3) is 0.0625. The van der Waals surface area contributed by atoms with Gasteiger partial charge in [-0.25, -0.2) is 0 Å². The van der Waals surface area contributed by atoms with Gasteiger partial charge in [-0.2, -0.15) is 0 Å². The van der Waals surface area contributed by atoms with Crippen LogP contribution < -0.4 is 4.90 Å². The van der Waals surface area contributed by atoms with Crippen LogP contribution in [0, 0.1) is 0 Å². The molecule has 66 heavy (non-hydrogen) atoms. The highest BCUT2D eigenvalue weighted by atomic mass is 16.3. The van der Waals surface area contributed by atoms with Crippen molar-refractivity contribution in [1.82, 2.24) is 0 Å². The summed E-state index contributed by atoms with van der Waals surface area (Å²) in [5.41, 5.74) is 25.3. The molecule has 1 aromatic heterocycles. The van der Waals surface area contributed by atoms with Crippen LogP contribution in [0.5, 0.6) is 0 Å². The van der Waals surface area contributed by atoms with Gasteiger partial charge in [0.1, 0.15) is 11.2 Å². The maximum Gasteiger partial charge on any atom is 0.143 e. The van der Waals surface area contributed by atoms with Crippen molar-refractivity contribution >= 4 is 39.0 Å². The number of para-hydroxylation sites is 2. The van der Waals surface area contributed by atoms with Gasteiger partial charge in [-0.15, -0.1) is 0 Å². The Morgan fingerprint density at radius 3 is 1.42 bits per heavy atom. The number of benzene rings is 10. The Kier molecular flexibility index (Phi) is 7.70. The molecule has 10 aromatic carbocycles. The number of hydrogen-bond acceptors (Lipinski definition) is 2. The van der Waals surface area contributed by atoms with Crippen molar-refractivity contribution < 1.29 is 4.42 Å². The second-order valence-electron chi connectivity index (χ2n) is 18.8. The Balaban J connectivity index is 0.893. The molecule has 2 nitrogen and oxygen atoms in total. The quantitative estimate of drug-likeness (QED) is 0.172. The van der Waals surface area contributed by atoms with Gasteiger partial charge >= 0.3 is 0 Å². The summed E-state index contributed by atoms with van der Waals surface area (Å²) in [5, 5.41) is 2.28. The molecule has 0 unspecified atom stereocenters. The molecule has 1 spiro atoms.